The SMILES string of the molecule is CCNc1cc2c(cc1C)C1(c3cc(C)c(NCC)cc3O2)c2ccccc2C(=O)N1N1C(=O)c2ccccc2C1=O. The van der Waals surface area contributed by atoms with E-state index in [2.05, 4.69) is 10.6 Å². The Morgan fingerprint density at radius 1 is 0.643 bits per heavy atom. The van der Waals surface area contributed by atoms with Gasteiger partial charge in [0.05, 0.1) is 11.1 Å². The Balaban J connectivity index is 1.59. The smallest absolute Gasteiger partial charge is 0.280 e. The lowest BCUT2D eigenvalue weighted by molar-refractivity contribution is -0.0193. The molecular formula is C34H30N4O4. The van der Waals surface area contributed by atoms with Crippen LogP contribution in [0.5, 0.6) is 11.5 Å². The number of hydrogen-bond donors (Lipinski definition) is 2. The van der Waals surface area contributed by atoms with Crippen LogP contribution in [0.15, 0.2) is 72.8 Å². The Morgan fingerprint density at radius 2 is 1.12 bits per heavy atom. The van der Waals surface area contributed by atoms with E-state index in [0.29, 0.717) is 46.8 Å². The first kappa shape index (κ1) is 25.8. The van der Waals surface area contributed by atoms with Crippen molar-refractivity contribution in [2.75, 3.05) is 23.7 Å². The highest BCUT2D eigenvalue weighted by Crippen LogP contribution is 2.59. The van der Waals surface area contributed by atoms with Gasteiger partial charge in [0.15, 0.2) is 0 Å². The van der Waals surface area contributed by atoms with E-state index in [1.54, 1.807) is 36.4 Å². The molecule has 0 atom stereocenters. The number of ether oxygens (including phenoxy) is 1. The number of nitrogens with zero attached hydrogens (tertiary/aromatic N) is 2. The second-order valence-electron chi connectivity index (χ2n) is 10.8. The van der Waals surface area contributed by atoms with Gasteiger partial charge in [-0.15, -0.1) is 0 Å². The maximum absolute atomic E-state index is 14.5. The highest BCUT2D eigenvalue weighted by Gasteiger charge is 2.61. The Labute approximate surface area is 243 Å². The summed E-state index contributed by atoms with van der Waals surface area (Å²) in [7, 11) is 0. The number of aryl methyl sites for hydroxylation is 2. The molecule has 42 heavy (non-hydrogen) atoms. The summed E-state index contributed by atoms with van der Waals surface area (Å²) < 4.78 is 6.62. The number of fused-ring (bicyclic) bond motifs is 7. The lowest BCUT2D eigenvalue weighted by atomic mass is 9.74. The first-order chi connectivity index (χ1) is 20.3. The summed E-state index contributed by atoms with van der Waals surface area (Å²) >= 11 is 0. The van der Waals surface area contributed by atoms with Crippen molar-refractivity contribution in [3.63, 3.8) is 0 Å². The number of carbonyl (C=O) groups is 3. The van der Waals surface area contributed by atoms with Gasteiger partial charge in [-0.05, 0) is 69.2 Å². The fraction of sp³-hybridized carbons (Fsp3) is 0.206. The zero-order valence-electron chi connectivity index (χ0n) is 23.9. The van der Waals surface area contributed by atoms with Gasteiger partial charge in [-0.2, -0.15) is 5.01 Å². The maximum atomic E-state index is 14.5. The molecule has 3 amide bonds. The topological polar surface area (TPSA) is 91.0 Å². The van der Waals surface area contributed by atoms with Gasteiger partial charge in [-0.25, -0.2) is 5.01 Å². The van der Waals surface area contributed by atoms with Crippen LogP contribution in [0, 0.1) is 13.8 Å². The van der Waals surface area contributed by atoms with Gasteiger partial charge < -0.3 is 15.4 Å². The summed E-state index contributed by atoms with van der Waals surface area (Å²) in [6.07, 6.45) is 0. The van der Waals surface area contributed by atoms with Gasteiger partial charge in [0.25, 0.3) is 17.7 Å². The van der Waals surface area contributed by atoms with Gasteiger partial charge in [-0.1, -0.05) is 30.3 Å². The van der Waals surface area contributed by atoms with Crippen LogP contribution in [-0.4, -0.2) is 40.8 Å². The van der Waals surface area contributed by atoms with E-state index in [-0.39, 0.29) is 11.1 Å². The van der Waals surface area contributed by atoms with E-state index >= 15 is 0 Å². The maximum Gasteiger partial charge on any atom is 0.280 e. The first-order valence-corrected chi connectivity index (χ1v) is 14.2. The number of nitrogens with one attached hydrogen (secondary N) is 2. The predicted octanol–water partition coefficient (Wildman–Crippen LogP) is 6.23. The van der Waals surface area contributed by atoms with Gasteiger partial charge >= 0.3 is 0 Å². The molecule has 0 saturated carbocycles. The Hall–Kier alpha value is -5.11. The zero-order chi connectivity index (χ0) is 29.3. The van der Waals surface area contributed by atoms with E-state index in [4.69, 9.17) is 4.74 Å². The van der Waals surface area contributed by atoms with E-state index < -0.39 is 23.3 Å². The van der Waals surface area contributed by atoms with E-state index in [0.717, 1.165) is 27.5 Å². The highest BCUT2D eigenvalue weighted by molar-refractivity contribution is 6.22. The minimum atomic E-state index is -1.35. The van der Waals surface area contributed by atoms with Crippen LogP contribution < -0.4 is 15.4 Å². The molecule has 0 aliphatic carbocycles. The van der Waals surface area contributed by atoms with Gasteiger partial charge in [0.2, 0.25) is 0 Å². The van der Waals surface area contributed by atoms with Gasteiger partial charge in [0.1, 0.15) is 17.0 Å². The fourth-order valence-electron chi connectivity index (χ4n) is 6.62. The van der Waals surface area contributed by atoms with Crippen LogP contribution >= 0.6 is 0 Å². The standard InChI is InChI=1S/C34H30N4O4/c1-5-35-27-17-29-25(15-19(27)3)34(26-16-20(4)28(36-6-2)18-30(26)42-29)24-14-10-9-13-23(24)33(41)38(34)37-31(39)21-11-7-8-12-22(21)32(37)40/h7-18,35-36H,5-6H2,1-4H3. The molecule has 0 radical (unpaired) electrons. The molecule has 0 bridgehead atoms. The summed E-state index contributed by atoms with van der Waals surface area (Å²) in [5.74, 6) is -0.413. The monoisotopic (exact) mass is 558 g/mol. The van der Waals surface area contributed by atoms with Gasteiger partial charge in [-0.3, -0.25) is 14.4 Å². The zero-order valence-corrected chi connectivity index (χ0v) is 23.9. The van der Waals surface area contributed by atoms with Gasteiger partial charge in [0, 0.05) is 58.9 Å². The number of amides is 3. The quantitative estimate of drug-likeness (QED) is 0.282. The third-order valence-electron chi connectivity index (χ3n) is 8.42. The molecule has 0 fully saturated rings. The molecule has 3 aliphatic heterocycles. The molecule has 4 aromatic rings. The minimum Gasteiger partial charge on any atom is -0.456 e. The van der Waals surface area contributed by atoms with Crippen LogP contribution in [0.4, 0.5) is 11.4 Å². The molecule has 2 N–H and O–H groups in total. The van der Waals surface area contributed by atoms with Crippen molar-refractivity contribution in [2.45, 2.75) is 33.2 Å². The van der Waals surface area contributed by atoms with Crippen molar-refractivity contribution < 1.29 is 19.1 Å². The minimum absolute atomic E-state index is 0.270. The average Bonchev–Trinajstić information content (AvgIpc) is 3.38. The fourth-order valence-corrected chi connectivity index (χ4v) is 6.62. The molecular weight excluding hydrogens is 528 g/mol. The molecule has 0 unspecified atom stereocenters. The predicted molar refractivity (Wildman–Crippen MR) is 160 cm³/mol. The molecule has 7 rings (SSSR count). The Morgan fingerprint density at radius 3 is 1.62 bits per heavy atom. The molecule has 4 aromatic carbocycles. The van der Waals surface area contributed by atoms with Crippen LogP contribution in [0.2, 0.25) is 0 Å². The number of hydrazine groups is 1. The second kappa shape index (κ2) is 9.21. The molecule has 1 spiro atoms. The van der Waals surface area contributed by atoms with Crippen LogP contribution in [0.3, 0.4) is 0 Å². The van der Waals surface area contributed by atoms with E-state index in [9.17, 15) is 14.4 Å². The molecule has 3 aliphatic rings. The van der Waals surface area contributed by atoms with Crippen LogP contribution in [0.1, 0.15) is 72.7 Å². The normalized spacial score (nSPS) is 15.8. The van der Waals surface area contributed by atoms with E-state index in [1.165, 1.54) is 5.01 Å². The number of carbonyl (C=O) groups excluding carboxylic acids is 3. The summed E-state index contributed by atoms with van der Waals surface area (Å²) in [5.41, 5.74) is 5.35. The first-order valence-electron chi connectivity index (χ1n) is 14.2. The number of hydrogen-bond acceptors (Lipinski definition) is 6. The molecule has 8 nitrogen and oxygen atoms in total. The number of anilines is 2. The third kappa shape index (κ3) is 3.26. The van der Waals surface area contributed by atoms with Crippen LogP contribution in [-0.2, 0) is 5.54 Å². The molecule has 3 heterocycles. The third-order valence-corrected chi connectivity index (χ3v) is 8.42. The number of benzene rings is 4. The Bertz CT molecular complexity index is 1750. The highest BCUT2D eigenvalue weighted by atomic mass is 16.5. The summed E-state index contributed by atoms with van der Waals surface area (Å²) in [6.45, 7) is 9.48. The number of rotatable bonds is 5. The van der Waals surface area contributed by atoms with Crippen molar-refractivity contribution in [1.82, 2.24) is 10.0 Å². The summed E-state index contributed by atoms with van der Waals surface area (Å²) in [5, 5.41) is 9.21. The lowest BCUT2D eigenvalue weighted by Crippen LogP contribution is -2.58. The van der Waals surface area contributed by atoms with Crippen molar-refractivity contribution in [3.05, 3.63) is 117 Å². The van der Waals surface area contributed by atoms with Crippen LogP contribution in [0.25, 0.3) is 0 Å². The van der Waals surface area contributed by atoms with Crippen molar-refractivity contribution >= 4 is 29.1 Å². The molecule has 210 valence electrons. The van der Waals surface area contributed by atoms with E-state index in [1.807, 2.05) is 64.1 Å². The van der Waals surface area contributed by atoms with Crippen molar-refractivity contribution in [2.24, 2.45) is 0 Å². The number of imide groups is 1. The summed E-state index contributed by atoms with van der Waals surface area (Å²) in [6, 6.07) is 21.9. The molecule has 0 saturated heterocycles. The lowest BCUT2D eigenvalue weighted by Gasteiger charge is -2.46. The largest absolute Gasteiger partial charge is 0.456 e. The summed E-state index contributed by atoms with van der Waals surface area (Å²) in [4.78, 5) is 42.6. The second-order valence-corrected chi connectivity index (χ2v) is 10.8. The van der Waals surface area contributed by atoms with Crippen molar-refractivity contribution in [1.29, 1.82) is 0 Å². The molecule has 0 aromatic heterocycles. The van der Waals surface area contributed by atoms with Crippen molar-refractivity contribution in [3.8, 4) is 11.5 Å². The Kier molecular flexibility index (Phi) is 5.66. The average molecular weight is 559 g/mol. The molecule has 8 heteroatoms.